The minimum absolute atomic E-state index is 0.0198. The number of amides is 1. The van der Waals surface area contributed by atoms with Crippen molar-refractivity contribution in [2.24, 2.45) is 0 Å². The summed E-state index contributed by atoms with van der Waals surface area (Å²) in [4.78, 5) is 13.5. The molecule has 0 aliphatic carbocycles. The van der Waals surface area contributed by atoms with E-state index in [4.69, 9.17) is 4.74 Å². The monoisotopic (exact) mass is 315 g/mol. The fourth-order valence-electron chi connectivity index (χ4n) is 1.59. The predicted molar refractivity (Wildman–Crippen MR) is 61.6 cm³/mol. The first-order valence-electron chi connectivity index (χ1n) is 5.44. The van der Waals surface area contributed by atoms with Gasteiger partial charge in [0.25, 0.3) is 6.43 Å². The number of ether oxygens (including phenoxy) is 2. The van der Waals surface area contributed by atoms with E-state index in [9.17, 15) is 13.6 Å². The van der Waals surface area contributed by atoms with Crippen molar-refractivity contribution in [3.63, 3.8) is 0 Å². The molecule has 0 spiro atoms. The van der Waals surface area contributed by atoms with Crippen LogP contribution >= 0.6 is 15.9 Å². The highest BCUT2D eigenvalue weighted by Crippen LogP contribution is 2.11. The van der Waals surface area contributed by atoms with E-state index in [1.165, 1.54) is 0 Å². The van der Waals surface area contributed by atoms with Crippen molar-refractivity contribution in [2.45, 2.75) is 18.9 Å². The number of hydrogen-bond donors (Lipinski definition) is 0. The Morgan fingerprint density at radius 2 is 2.35 bits per heavy atom. The average molecular weight is 316 g/mol. The van der Waals surface area contributed by atoms with Gasteiger partial charge in [-0.05, 0) is 0 Å². The van der Waals surface area contributed by atoms with Crippen LogP contribution in [0.4, 0.5) is 8.78 Å². The highest BCUT2D eigenvalue weighted by Gasteiger charge is 2.25. The number of halogens is 3. The van der Waals surface area contributed by atoms with E-state index >= 15 is 0 Å². The fraction of sp³-hybridized carbons (Fsp3) is 0.900. The van der Waals surface area contributed by atoms with Crippen LogP contribution in [0, 0.1) is 0 Å². The first-order chi connectivity index (χ1) is 8.15. The molecule has 0 radical (unpaired) electrons. The second-order valence-corrected chi connectivity index (χ2v) is 4.33. The highest BCUT2D eigenvalue weighted by molar-refractivity contribution is 9.09. The molecule has 1 aliphatic rings. The molecular formula is C10H16BrF2NO3. The zero-order valence-electron chi connectivity index (χ0n) is 9.41. The Labute approximate surface area is 107 Å². The van der Waals surface area contributed by atoms with Gasteiger partial charge < -0.3 is 14.4 Å². The molecule has 7 heteroatoms. The third kappa shape index (κ3) is 5.27. The van der Waals surface area contributed by atoms with Crippen LogP contribution in [0.3, 0.4) is 0 Å². The molecule has 0 aromatic heterocycles. The molecule has 100 valence electrons. The number of nitrogens with zero attached hydrogens (tertiary/aromatic N) is 1. The summed E-state index contributed by atoms with van der Waals surface area (Å²) in [5.41, 5.74) is 0. The Balaban J connectivity index is 2.25. The van der Waals surface area contributed by atoms with Crippen molar-refractivity contribution in [1.29, 1.82) is 0 Å². The Morgan fingerprint density at radius 1 is 1.59 bits per heavy atom. The molecule has 1 atom stereocenters. The van der Waals surface area contributed by atoms with E-state index in [1.54, 1.807) is 4.90 Å². The molecule has 1 rings (SSSR count). The Kier molecular flexibility index (Phi) is 6.91. The molecule has 1 unspecified atom stereocenters. The lowest BCUT2D eigenvalue weighted by Gasteiger charge is -2.34. The topological polar surface area (TPSA) is 38.8 Å². The van der Waals surface area contributed by atoms with Crippen LogP contribution in [0.1, 0.15) is 6.42 Å². The van der Waals surface area contributed by atoms with Gasteiger partial charge in [0.05, 0.1) is 32.3 Å². The van der Waals surface area contributed by atoms with Crippen LogP contribution in [0.25, 0.3) is 0 Å². The summed E-state index contributed by atoms with van der Waals surface area (Å²) in [7, 11) is 0. The molecule has 1 fully saturated rings. The second kappa shape index (κ2) is 7.94. The lowest BCUT2D eigenvalue weighted by molar-refractivity contribution is -0.140. The third-order valence-electron chi connectivity index (χ3n) is 2.43. The maximum Gasteiger partial charge on any atom is 0.261 e. The first kappa shape index (κ1) is 14.8. The fourth-order valence-corrected chi connectivity index (χ4v) is 2.12. The van der Waals surface area contributed by atoms with Gasteiger partial charge in [-0.25, -0.2) is 8.78 Å². The maximum absolute atomic E-state index is 11.8. The van der Waals surface area contributed by atoms with Gasteiger partial charge in [-0.2, -0.15) is 0 Å². The van der Waals surface area contributed by atoms with Crippen molar-refractivity contribution >= 4 is 21.8 Å². The Morgan fingerprint density at radius 3 is 3.00 bits per heavy atom. The van der Waals surface area contributed by atoms with Crippen molar-refractivity contribution in [1.82, 2.24) is 4.90 Å². The summed E-state index contributed by atoms with van der Waals surface area (Å²) in [5, 5.41) is 0.649. The summed E-state index contributed by atoms with van der Waals surface area (Å²) in [6.07, 6.45) is -2.35. The highest BCUT2D eigenvalue weighted by atomic mass is 79.9. The normalized spacial score (nSPS) is 20.9. The van der Waals surface area contributed by atoms with Crippen LogP contribution in [0.2, 0.25) is 0 Å². The van der Waals surface area contributed by atoms with Crippen molar-refractivity contribution in [3.8, 4) is 0 Å². The van der Waals surface area contributed by atoms with Crippen molar-refractivity contribution in [3.05, 3.63) is 0 Å². The lowest BCUT2D eigenvalue weighted by Crippen LogP contribution is -2.49. The van der Waals surface area contributed by atoms with Gasteiger partial charge in [-0.3, -0.25) is 4.79 Å². The molecule has 0 aromatic carbocycles. The van der Waals surface area contributed by atoms with Crippen molar-refractivity contribution in [2.75, 3.05) is 38.3 Å². The number of carbonyl (C=O) groups is 1. The van der Waals surface area contributed by atoms with Crippen LogP contribution in [-0.4, -0.2) is 61.6 Å². The number of rotatable bonds is 6. The number of morpholine rings is 1. The van der Waals surface area contributed by atoms with Gasteiger partial charge in [-0.15, -0.1) is 0 Å². The average Bonchev–Trinajstić information content (AvgIpc) is 2.34. The molecule has 1 amide bonds. The summed E-state index contributed by atoms with van der Waals surface area (Å²) < 4.78 is 33.5. The standard InChI is InChI=1S/C10H16BrF2NO3/c11-5-8-6-17-4-2-14(8)10(15)1-3-16-7-9(12)13/h8-9H,1-7H2. The molecule has 0 bridgehead atoms. The molecule has 1 heterocycles. The summed E-state index contributed by atoms with van der Waals surface area (Å²) in [5.74, 6) is -0.0768. The maximum atomic E-state index is 11.8. The van der Waals surface area contributed by atoms with E-state index in [0.717, 1.165) is 0 Å². The SMILES string of the molecule is O=C(CCOCC(F)F)N1CCOCC1CBr. The molecular weight excluding hydrogens is 300 g/mol. The molecule has 1 aliphatic heterocycles. The predicted octanol–water partition coefficient (Wildman–Crippen LogP) is 1.28. The molecule has 0 aromatic rings. The second-order valence-electron chi connectivity index (χ2n) is 3.69. The molecule has 0 saturated carbocycles. The van der Waals surface area contributed by atoms with E-state index in [-0.39, 0.29) is 25.0 Å². The van der Waals surface area contributed by atoms with E-state index in [2.05, 4.69) is 20.7 Å². The summed E-state index contributed by atoms with van der Waals surface area (Å²) >= 11 is 3.32. The van der Waals surface area contributed by atoms with Crippen LogP contribution in [-0.2, 0) is 14.3 Å². The smallest absolute Gasteiger partial charge is 0.261 e. The summed E-state index contributed by atoms with van der Waals surface area (Å²) in [6.45, 7) is 1.000. The first-order valence-corrected chi connectivity index (χ1v) is 6.56. The third-order valence-corrected chi connectivity index (χ3v) is 3.18. The van der Waals surface area contributed by atoms with Gasteiger partial charge in [0.15, 0.2) is 0 Å². The molecule has 0 N–H and O–H groups in total. The van der Waals surface area contributed by atoms with E-state index in [0.29, 0.717) is 25.1 Å². The zero-order chi connectivity index (χ0) is 12.7. The molecule has 1 saturated heterocycles. The van der Waals surface area contributed by atoms with Gasteiger partial charge in [-0.1, -0.05) is 15.9 Å². The molecule has 4 nitrogen and oxygen atoms in total. The van der Waals surface area contributed by atoms with Crippen LogP contribution in [0.15, 0.2) is 0 Å². The quantitative estimate of drug-likeness (QED) is 0.547. The largest absolute Gasteiger partial charge is 0.377 e. The zero-order valence-corrected chi connectivity index (χ0v) is 11.0. The van der Waals surface area contributed by atoms with Gasteiger partial charge >= 0.3 is 0 Å². The lowest BCUT2D eigenvalue weighted by atomic mass is 10.2. The van der Waals surface area contributed by atoms with Gasteiger partial charge in [0.1, 0.15) is 6.61 Å². The van der Waals surface area contributed by atoms with E-state index < -0.39 is 13.0 Å². The van der Waals surface area contributed by atoms with Gasteiger partial charge in [0.2, 0.25) is 5.91 Å². The van der Waals surface area contributed by atoms with Crippen molar-refractivity contribution < 1.29 is 23.0 Å². The molecule has 17 heavy (non-hydrogen) atoms. The van der Waals surface area contributed by atoms with E-state index in [1.807, 2.05) is 0 Å². The minimum Gasteiger partial charge on any atom is -0.377 e. The number of alkyl halides is 3. The van der Waals surface area contributed by atoms with Crippen LogP contribution in [0.5, 0.6) is 0 Å². The number of hydrogen-bond acceptors (Lipinski definition) is 3. The Bertz CT molecular complexity index is 244. The Hall–Kier alpha value is -0.270. The number of carbonyl (C=O) groups excluding carboxylic acids is 1. The minimum atomic E-state index is -2.48. The van der Waals surface area contributed by atoms with Gasteiger partial charge in [0, 0.05) is 11.9 Å². The van der Waals surface area contributed by atoms with Crippen LogP contribution < -0.4 is 0 Å². The summed E-state index contributed by atoms with van der Waals surface area (Å²) in [6, 6.07) is 0.0198.